The van der Waals surface area contributed by atoms with Crippen molar-refractivity contribution in [2.45, 2.75) is 6.61 Å². The van der Waals surface area contributed by atoms with Crippen LogP contribution in [0, 0.1) is 10.1 Å². The topological polar surface area (TPSA) is 52.4 Å². The first kappa shape index (κ1) is 11.9. The molecule has 1 aromatic carbocycles. The highest BCUT2D eigenvalue weighted by Gasteiger charge is 2.18. The lowest BCUT2D eigenvalue weighted by Gasteiger charge is -2.06. The smallest absolute Gasteiger partial charge is 0.387 e. The van der Waals surface area contributed by atoms with E-state index in [-0.39, 0.29) is 10.0 Å². The van der Waals surface area contributed by atoms with Gasteiger partial charge in [-0.2, -0.15) is 8.78 Å². The Hall–Kier alpha value is -1.14. The average molecular weight is 258 g/mol. The minimum atomic E-state index is -3.07. The summed E-state index contributed by atoms with van der Waals surface area (Å²) in [7, 11) is 0. The van der Waals surface area contributed by atoms with Crippen molar-refractivity contribution < 1.29 is 18.4 Å². The van der Waals surface area contributed by atoms with Crippen molar-refractivity contribution in [1.29, 1.82) is 0 Å². The molecular formula is C7H3Cl2F2NO3. The number of ether oxygens (including phenoxy) is 1. The van der Waals surface area contributed by atoms with Crippen LogP contribution in [-0.4, -0.2) is 11.5 Å². The number of alkyl halides is 2. The van der Waals surface area contributed by atoms with E-state index in [1.54, 1.807) is 0 Å². The van der Waals surface area contributed by atoms with Crippen LogP contribution in [0.2, 0.25) is 10.0 Å². The first-order valence-electron chi connectivity index (χ1n) is 3.50. The molecule has 0 unspecified atom stereocenters. The molecular weight excluding hydrogens is 255 g/mol. The van der Waals surface area contributed by atoms with Crippen LogP contribution < -0.4 is 4.74 Å². The average Bonchev–Trinajstić information content (AvgIpc) is 2.09. The number of benzene rings is 1. The summed E-state index contributed by atoms with van der Waals surface area (Å²) in [6, 6.07) is 1.72. The third-order valence-corrected chi connectivity index (χ3v) is 2.01. The van der Waals surface area contributed by atoms with Gasteiger partial charge >= 0.3 is 6.61 Å². The van der Waals surface area contributed by atoms with E-state index in [2.05, 4.69) is 4.74 Å². The van der Waals surface area contributed by atoms with Crippen molar-refractivity contribution in [3.8, 4) is 5.75 Å². The first-order chi connectivity index (χ1) is 6.91. The summed E-state index contributed by atoms with van der Waals surface area (Å²) >= 11 is 10.9. The van der Waals surface area contributed by atoms with E-state index in [0.717, 1.165) is 12.1 Å². The summed E-state index contributed by atoms with van der Waals surface area (Å²) < 4.78 is 27.7. The molecule has 4 nitrogen and oxygen atoms in total. The Bertz CT molecular complexity index is 400. The summed E-state index contributed by atoms with van der Waals surface area (Å²) in [5.41, 5.74) is -0.469. The molecule has 0 aliphatic rings. The zero-order valence-corrected chi connectivity index (χ0v) is 8.43. The van der Waals surface area contributed by atoms with E-state index in [4.69, 9.17) is 23.2 Å². The largest absolute Gasteiger partial charge is 0.433 e. The predicted octanol–water partition coefficient (Wildman–Crippen LogP) is 3.50. The highest BCUT2D eigenvalue weighted by atomic mass is 35.5. The molecule has 0 atom stereocenters. The van der Waals surface area contributed by atoms with Gasteiger partial charge in [0, 0.05) is 12.1 Å². The number of nitrogens with zero attached hydrogens (tertiary/aromatic N) is 1. The van der Waals surface area contributed by atoms with Gasteiger partial charge in [-0.25, -0.2) is 0 Å². The van der Waals surface area contributed by atoms with Crippen molar-refractivity contribution >= 4 is 28.9 Å². The number of nitro benzene ring substituents is 1. The summed E-state index contributed by atoms with van der Waals surface area (Å²) in [5.74, 6) is -0.401. The lowest BCUT2D eigenvalue weighted by atomic mass is 10.3. The van der Waals surface area contributed by atoms with Gasteiger partial charge in [-0.1, -0.05) is 23.2 Å². The normalized spacial score (nSPS) is 10.5. The van der Waals surface area contributed by atoms with Gasteiger partial charge in [0.15, 0.2) is 0 Å². The molecule has 1 rings (SSSR count). The van der Waals surface area contributed by atoms with E-state index in [1.165, 1.54) is 0 Å². The Labute approximate surface area is 92.5 Å². The van der Waals surface area contributed by atoms with Crippen molar-refractivity contribution in [1.82, 2.24) is 0 Å². The van der Waals surface area contributed by atoms with E-state index in [1.807, 2.05) is 0 Å². The van der Waals surface area contributed by atoms with Crippen LogP contribution in [-0.2, 0) is 0 Å². The molecule has 0 aromatic heterocycles. The molecule has 0 N–H and O–H groups in total. The van der Waals surface area contributed by atoms with Gasteiger partial charge in [-0.05, 0) is 0 Å². The van der Waals surface area contributed by atoms with Crippen molar-refractivity contribution in [3.05, 3.63) is 32.3 Å². The van der Waals surface area contributed by atoms with Gasteiger partial charge in [0.25, 0.3) is 5.69 Å². The third kappa shape index (κ3) is 2.90. The molecule has 0 saturated carbocycles. The maximum absolute atomic E-state index is 11.8. The van der Waals surface area contributed by atoms with Gasteiger partial charge in [0.05, 0.1) is 9.95 Å². The van der Waals surface area contributed by atoms with Crippen LogP contribution in [0.5, 0.6) is 5.75 Å². The fraction of sp³-hybridized carbons (Fsp3) is 0.143. The predicted molar refractivity (Wildman–Crippen MR) is 49.7 cm³/mol. The molecule has 0 heterocycles. The van der Waals surface area contributed by atoms with Crippen LogP contribution in [0.15, 0.2) is 12.1 Å². The summed E-state index contributed by atoms with van der Waals surface area (Å²) in [5, 5.41) is 9.76. The number of hydrogen-bond donors (Lipinski definition) is 0. The quantitative estimate of drug-likeness (QED) is 0.615. The van der Waals surface area contributed by atoms with E-state index < -0.39 is 23.0 Å². The monoisotopic (exact) mass is 257 g/mol. The Morgan fingerprint density at radius 2 is 1.93 bits per heavy atom. The SMILES string of the molecule is O=[N+]([O-])c1cc(Cl)c(OC(F)F)cc1Cl. The van der Waals surface area contributed by atoms with Crippen LogP contribution in [0.1, 0.15) is 0 Å². The van der Waals surface area contributed by atoms with Crippen molar-refractivity contribution in [2.75, 3.05) is 0 Å². The second-order valence-corrected chi connectivity index (χ2v) is 3.18. The summed E-state index contributed by atoms with van der Waals surface area (Å²) in [6.45, 7) is -3.07. The maximum Gasteiger partial charge on any atom is 0.387 e. The lowest BCUT2D eigenvalue weighted by molar-refractivity contribution is -0.384. The van der Waals surface area contributed by atoms with Gasteiger partial charge in [0.1, 0.15) is 10.8 Å². The molecule has 0 aliphatic heterocycles. The number of hydrogen-bond acceptors (Lipinski definition) is 3. The molecule has 0 fully saturated rings. The molecule has 0 radical (unpaired) electrons. The second kappa shape index (κ2) is 4.59. The second-order valence-electron chi connectivity index (χ2n) is 2.37. The van der Waals surface area contributed by atoms with Crippen LogP contribution in [0.25, 0.3) is 0 Å². The van der Waals surface area contributed by atoms with Crippen LogP contribution >= 0.6 is 23.2 Å². The highest BCUT2D eigenvalue weighted by molar-refractivity contribution is 6.35. The van der Waals surface area contributed by atoms with Gasteiger partial charge in [-0.15, -0.1) is 0 Å². The molecule has 82 valence electrons. The third-order valence-electron chi connectivity index (χ3n) is 1.41. The number of rotatable bonds is 3. The van der Waals surface area contributed by atoms with Gasteiger partial charge in [0.2, 0.25) is 0 Å². The summed E-state index contributed by atoms with van der Waals surface area (Å²) in [6.07, 6.45) is 0. The zero-order valence-electron chi connectivity index (χ0n) is 6.92. The van der Waals surface area contributed by atoms with Gasteiger partial charge in [-0.3, -0.25) is 10.1 Å². The van der Waals surface area contributed by atoms with Crippen LogP contribution in [0.4, 0.5) is 14.5 Å². The minimum Gasteiger partial charge on any atom is -0.433 e. The zero-order chi connectivity index (χ0) is 11.6. The summed E-state index contributed by atoms with van der Waals surface area (Å²) in [4.78, 5) is 9.60. The van der Waals surface area contributed by atoms with E-state index in [9.17, 15) is 18.9 Å². The molecule has 8 heteroatoms. The number of halogens is 4. The standard InChI is InChI=1S/C7H3Cl2F2NO3/c8-3-2-6(15-7(10)11)4(9)1-5(3)12(13)14/h1-2,7H. The Kier molecular flexibility index (Phi) is 3.65. The van der Waals surface area contributed by atoms with E-state index in [0.29, 0.717) is 0 Å². The molecule has 0 aliphatic carbocycles. The molecule has 0 amide bonds. The van der Waals surface area contributed by atoms with E-state index >= 15 is 0 Å². The Morgan fingerprint density at radius 1 is 1.33 bits per heavy atom. The molecule has 0 bridgehead atoms. The fourth-order valence-corrected chi connectivity index (χ4v) is 1.27. The van der Waals surface area contributed by atoms with Crippen molar-refractivity contribution in [3.63, 3.8) is 0 Å². The highest BCUT2D eigenvalue weighted by Crippen LogP contribution is 2.35. The minimum absolute atomic E-state index is 0.300. The Balaban J connectivity index is 3.13. The van der Waals surface area contributed by atoms with Crippen LogP contribution in [0.3, 0.4) is 0 Å². The molecule has 0 saturated heterocycles. The fourth-order valence-electron chi connectivity index (χ4n) is 0.844. The molecule has 0 spiro atoms. The maximum atomic E-state index is 11.8. The van der Waals surface area contributed by atoms with Gasteiger partial charge < -0.3 is 4.74 Å². The molecule has 1 aromatic rings. The van der Waals surface area contributed by atoms with Crippen molar-refractivity contribution in [2.24, 2.45) is 0 Å². The Morgan fingerprint density at radius 3 is 2.40 bits per heavy atom. The number of nitro groups is 1. The lowest BCUT2D eigenvalue weighted by Crippen LogP contribution is -2.02. The molecule has 15 heavy (non-hydrogen) atoms. The first-order valence-corrected chi connectivity index (χ1v) is 4.25.